The number of oxime groups is 1. The highest BCUT2D eigenvalue weighted by atomic mass is 19.4. The van der Waals surface area contributed by atoms with Crippen LogP contribution in [0.25, 0.3) is 0 Å². The molecule has 19 heavy (non-hydrogen) atoms. The van der Waals surface area contributed by atoms with Crippen molar-refractivity contribution in [3.8, 4) is 0 Å². The molecular weight excluding hydrogens is 263 g/mol. The maximum atomic E-state index is 11.9. The van der Waals surface area contributed by atoms with Gasteiger partial charge in [-0.1, -0.05) is 29.4 Å². The minimum atomic E-state index is -4.43. The van der Waals surface area contributed by atoms with E-state index in [2.05, 4.69) is 5.16 Å². The molecule has 0 aromatic heterocycles. The van der Waals surface area contributed by atoms with Gasteiger partial charge < -0.3 is 16.3 Å². The Morgan fingerprint density at radius 2 is 1.89 bits per heavy atom. The summed E-state index contributed by atoms with van der Waals surface area (Å²) in [5, 5.41) is 13.0. The molecule has 1 rings (SSSR count). The van der Waals surface area contributed by atoms with Gasteiger partial charge >= 0.3 is 6.18 Å². The number of halogens is 3. The minimum absolute atomic E-state index is 0.0897. The zero-order valence-corrected chi connectivity index (χ0v) is 9.74. The van der Waals surface area contributed by atoms with Crippen LogP contribution in [0.3, 0.4) is 0 Å². The van der Waals surface area contributed by atoms with Crippen molar-refractivity contribution < 1.29 is 23.2 Å². The van der Waals surface area contributed by atoms with E-state index >= 15 is 0 Å². The highest BCUT2D eigenvalue weighted by molar-refractivity contribution is 5.97. The van der Waals surface area contributed by atoms with E-state index in [9.17, 15) is 18.0 Å². The molecule has 0 aliphatic rings. The lowest BCUT2D eigenvalue weighted by molar-refractivity contribution is -0.138. The van der Waals surface area contributed by atoms with Gasteiger partial charge in [-0.15, -0.1) is 0 Å². The van der Waals surface area contributed by atoms with Crippen LogP contribution in [0.5, 0.6) is 0 Å². The number of benzene rings is 1. The largest absolute Gasteiger partial charge is 0.409 e. The Bertz CT molecular complexity index is 469. The molecule has 0 unspecified atom stereocenters. The molecule has 0 radical (unpaired) electrons. The first-order chi connectivity index (χ1) is 8.81. The number of rotatable bonds is 4. The molecule has 0 spiro atoms. The van der Waals surface area contributed by atoms with E-state index in [1.54, 1.807) is 5.32 Å². The Balaban J connectivity index is 2.56. The fourth-order valence-corrected chi connectivity index (χ4v) is 1.30. The average molecular weight is 275 g/mol. The van der Waals surface area contributed by atoms with E-state index in [-0.39, 0.29) is 12.3 Å². The number of nitrogens with zero attached hydrogens (tertiary/aromatic N) is 1. The minimum Gasteiger partial charge on any atom is -0.409 e. The first-order valence-corrected chi connectivity index (χ1v) is 5.22. The number of carbonyl (C=O) groups is 1. The van der Waals surface area contributed by atoms with Crippen LogP contribution in [-0.2, 0) is 11.2 Å². The first-order valence-electron chi connectivity index (χ1n) is 5.22. The maximum absolute atomic E-state index is 11.9. The van der Waals surface area contributed by atoms with Gasteiger partial charge in [0.15, 0.2) is 5.84 Å². The van der Waals surface area contributed by atoms with Gasteiger partial charge in [0.1, 0.15) is 6.54 Å². The lowest BCUT2D eigenvalue weighted by Gasteiger charge is -2.08. The SMILES string of the molecule is NC(=NO)c1ccc(CC(=O)NCC(F)(F)F)cc1. The predicted molar refractivity (Wildman–Crippen MR) is 61.7 cm³/mol. The van der Waals surface area contributed by atoms with Gasteiger partial charge in [-0.2, -0.15) is 13.2 Å². The average Bonchev–Trinajstić information content (AvgIpc) is 2.35. The van der Waals surface area contributed by atoms with E-state index in [1.807, 2.05) is 0 Å². The van der Waals surface area contributed by atoms with Gasteiger partial charge in [0, 0.05) is 5.56 Å². The molecule has 5 nitrogen and oxygen atoms in total. The third-order valence-corrected chi connectivity index (χ3v) is 2.21. The number of nitrogens with one attached hydrogen (secondary N) is 1. The quantitative estimate of drug-likeness (QED) is 0.331. The van der Waals surface area contributed by atoms with Gasteiger partial charge in [-0.25, -0.2) is 0 Å². The van der Waals surface area contributed by atoms with Gasteiger partial charge in [-0.05, 0) is 5.56 Å². The van der Waals surface area contributed by atoms with Crippen molar-refractivity contribution >= 4 is 11.7 Å². The van der Waals surface area contributed by atoms with Crippen LogP contribution >= 0.6 is 0 Å². The van der Waals surface area contributed by atoms with Crippen molar-refractivity contribution in [2.24, 2.45) is 10.9 Å². The van der Waals surface area contributed by atoms with Crippen molar-refractivity contribution in [2.45, 2.75) is 12.6 Å². The smallest absolute Gasteiger partial charge is 0.405 e. The summed E-state index contributed by atoms with van der Waals surface area (Å²) in [6.45, 7) is -1.35. The summed E-state index contributed by atoms with van der Waals surface area (Å²) in [6.07, 6.45) is -4.60. The fraction of sp³-hybridized carbons (Fsp3) is 0.273. The second-order valence-electron chi connectivity index (χ2n) is 3.75. The molecule has 1 amide bonds. The fourth-order valence-electron chi connectivity index (χ4n) is 1.30. The summed E-state index contributed by atoms with van der Waals surface area (Å²) in [5.41, 5.74) is 6.31. The molecule has 0 atom stereocenters. The third-order valence-electron chi connectivity index (χ3n) is 2.21. The van der Waals surface area contributed by atoms with E-state index in [1.165, 1.54) is 24.3 Å². The Kier molecular flexibility index (Phi) is 4.74. The van der Waals surface area contributed by atoms with Gasteiger partial charge in [-0.3, -0.25) is 4.79 Å². The number of carbonyl (C=O) groups excluding carboxylic acids is 1. The Morgan fingerprint density at radius 1 is 1.32 bits per heavy atom. The molecule has 0 saturated heterocycles. The van der Waals surface area contributed by atoms with Crippen molar-refractivity contribution in [3.05, 3.63) is 35.4 Å². The van der Waals surface area contributed by atoms with Crippen LogP contribution < -0.4 is 11.1 Å². The zero-order valence-electron chi connectivity index (χ0n) is 9.74. The van der Waals surface area contributed by atoms with E-state index in [0.717, 1.165) is 0 Å². The molecule has 0 heterocycles. The second kappa shape index (κ2) is 6.07. The first kappa shape index (κ1) is 14.8. The molecule has 8 heteroatoms. The lowest BCUT2D eigenvalue weighted by atomic mass is 10.1. The molecule has 4 N–H and O–H groups in total. The summed E-state index contributed by atoms with van der Waals surface area (Å²) in [5.74, 6) is -0.818. The lowest BCUT2D eigenvalue weighted by Crippen LogP contribution is -2.34. The monoisotopic (exact) mass is 275 g/mol. The van der Waals surface area contributed by atoms with Crippen molar-refractivity contribution in [3.63, 3.8) is 0 Å². The molecule has 1 aromatic carbocycles. The standard InChI is InChI=1S/C11H12F3N3O2/c12-11(13,14)6-16-9(18)5-7-1-3-8(4-2-7)10(15)17-19/h1-4,19H,5-6H2,(H2,15,17)(H,16,18). The summed E-state index contributed by atoms with van der Waals surface area (Å²) in [7, 11) is 0. The summed E-state index contributed by atoms with van der Waals surface area (Å²) in [4.78, 5) is 11.2. The van der Waals surface area contributed by atoms with Crippen molar-refractivity contribution in [1.29, 1.82) is 0 Å². The molecule has 104 valence electrons. The maximum Gasteiger partial charge on any atom is 0.405 e. The normalized spacial score (nSPS) is 12.3. The van der Waals surface area contributed by atoms with Gasteiger partial charge in [0.2, 0.25) is 5.91 Å². The number of amides is 1. The number of amidine groups is 1. The van der Waals surface area contributed by atoms with Crippen LogP contribution in [0.15, 0.2) is 29.4 Å². The summed E-state index contributed by atoms with van der Waals surface area (Å²) in [6, 6.07) is 6.03. The molecule has 0 saturated carbocycles. The van der Waals surface area contributed by atoms with Crippen molar-refractivity contribution in [2.75, 3.05) is 6.54 Å². The Labute approximate surface area is 106 Å². The molecule has 0 bridgehead atoms. The highest BCUT2D eigenvalue weighted by Crippen LogP contribution is 2.12. The van der Waals surface area contributed by atoms with E-state index in [0.29, 0.717) is 11.1 Å². The molecule has 0 aliphatic heterocycles. The number of hydrogen-bond acceptors (Lipinski definition) is 3. The van der Waals surface area contributed by atoms with Gasteiger partial charge in [0.05, 0.1) is 6.42 Å². The van der Waals surface area contributed by atoms with Crippen molar-refractivity contribution in [1.82, 2.24) is 5.32 Å². The Morgan fingerprint density at radius 3 is 2.37 bits per heavy atom. The van der Waals surface area contributed by atoms with Crippen LogP contribution in [0.2, 0.25) is 0 Å². The van der Waals surface area contributed by atoms with Crippen LogP contribution in [0.4, 0.5) is 13.2 Å². The topological polar surface area (TPSA) is 87.7 Å². The van der Waals surface area contributed by atoms with Crippen LogP contribution in [-0.4, -0.2) is 29.7 Å². The highest BCUT2D eigenvalue weighted by Gasteiger charge is 2.27. The predicted octanol–water partition coefficient (Wildman–Crippen LogP) is 1.00. The molecular formula is C11H12F3N3O2. The number of alkyl halides is 3. The van der Waals surface area contributed by atoms with E-state index < -0.39 is 18.6 Å². The van der Waals surface area contributed by atoms with Crippen LogP contribution in [0.1, 0.15) is 11.1 Å². The number of hydrogen-bond donors (Lipinski definition) is 3. The summed E-state index contributed by atoms with van der Waals surface area (Å²) >= 11 is 0. The molecule has 0 aliphatic carbocycles. The van der Waals surface area contributed by atoms with Crippen LogP contribution in [0, 0.1) is 0 Å². The Hall–Kier alpha value is -2.25. The zero-order chi connectivity index (χ0) is 14.5. The third kappa shape index (κ3) is 5.28. The van der Waals surface area contributed by atoms with Gasteiger partial charge in [0.25, 0.3) is 0 Å². The summed E-state index contributed by atoms with van der Waals surface area (Å²) < 4.78 is 35.6. The van der Waals surface area contributed by atoms with E-state index in [4.69, 9.17) is 10.9 Å². The second-order valence-corrected chi connectivity index (χ2v) is 3.75. The molecule has 1 aromatic rings. The number of nitrogens with two attached hydrogens (primary N) is 1. The molecule has 0 fully saturated rings.